The van der Waals surface area contributed by atoms with Crippen molar-refractivity contribution >= 4 is 5.97 Å². The van der Waals surface area contributed by atoms with Crippen molar-refractivity contribution in [3.63, 3.8) is 0 Å². The van der Waals surface area contributed by atoms with E-state index in [0.717, 1.165) is 0 Å². The lowest BCUT2D eigenvalue weighted by Gasteiger charge is -2.01. The van der Waals surface area contributed by atoms with Gasteiger partial charge in [-0.2, -0.15) is 0 Å². The molecule has 0 atom stereocenters. The summed E-state index contributed by atoms with van der Waals surface area (Å²) in [5.74, 6) is -0.475. The van der Waals surface area contributed by atoms with Crippen LogP contribution < -0.4 is 0 Å². The third-order valence-electron chi connectivity index (χ3n) is 0.843. The topological polar surface area (TPSA) is 35.5 Å². The summed E-state index contributed by atoms with van der Waals surface area (Å²) in [6.45, 7) is 7.27. The van der Waals surface area contributed by atoms with Gasteiger partial charge in [-0.3, -0.25) is 0 Å². The zero-order valence-corrected chi connectivity index (χ0v) is 6.22. The van der Waals surface area contributed by atoms with Gasteiger partial charge in [0.1, 0.15) is 6.61 Å². The molecule has 0 amide bonds. The van der Waals surface area contributed by atoms with E-state index in [1.54, 1.807) is 0 Å². The largest absolute Gasteiger partial charge is 0.460 e. The summed E-state index contributed by atoms with van der Waals surface area (Å²) in [6, 6.07) is 0. The summed E-state index contributed by atoms with van der Waals surface area (Å²) >= 11 is 0. The van der Waals surface area contributed by atoms with E-state index in [1.807, 2.05) is 0 Å². The molecule has 0 fully saturated rings. The molecule has 1 radical (unpaired) electrons. The maximum Gasteiger partial charge on any atom is 0.333 e. The predicted octanol–water partition coefficient (Wildman–Crippen LogP) is 0.555. The molecule has 10 heavy (non-hydrogen) atoms. The van der Waals surface area contributed by atoms with Gasteiger partial charge in [0.15, 0.2) is 0 Å². The van der Waals surface area contributed by atoms with E-state index in [1.165, 1.54) is 14.0 Å². The molecular weight excluding hydrogens is 132 g/mol. The average Bonchev–Trinajstić information content (AvgIpc) is 1.88. The minimum Gasteiger partial charge on any atom is -0.460 e. The van der Waals surface area contributed by atoms with E-state index in [4.69, 9.17) is 6.58 Å². The smallest absolute Gasteiger partial charge is 0.333 e. The van der Waals surface area contributed by atoms with E-state index >= 15 is 0 Å². The van der Waals surface area contributed by atoms with Crippen LogP contribution in [-0.2, 0) is 14.3 Å². The van der Waals surface area contributed by atoms with Crippen molar-refractivity contribution in [2.75, 3.05) is 20.3 Å². The molecule has 0 aromatic carbocycles. The van der Waals surface area contributed by atoms with Crippen LogP contribution in [0.1, 0.15) is 6.92 Å². The van der Waals surface area contributed by atoms with Gasteiger partial charge in [-0.25, -0.2) is 4.79 Å². The number of ether oxygens (including phenoxy) is 2. The Kier molecular flexibility index (Phi) is 4.58. The first-order chi connectivity index (χ1) is 4.68. The van der Waals surface area contributed by atoms with Crippen LogP contribution in [0.4, 0.5) is 0 Å². The summed E-state index contributed by atoms with van der Waals surface area (Å²) in [4.78, 5) is 10.6. The molecule has 3 heteroatoms. The fourth-order valence-electron chi connectivity index (χ4n) is 0.332. The predicted molar refractivity (Wildman–Crippen MR) is 36.3 cm³/mol. The van der Waals surface area contributed by atoms with Crippen molar-refractivity contribution in [3.05, 3.63) is 12.2 Å². The Bertz CT molecular complexity index is 129. The average molecular weight is 143 g/mol. The number of esters is 1. The van der Waals surface area contributed by atoms with E-state index in [2.05, 4.69) is 9.47 Å². The maximum atomic E-state index is 10.6. The normalized spacial score (nSPS) is 9.00. The molecule has 0 bridgehead atoms. The highest BCUT2D eigenvalue weighted by Crippen LogP contribution is 1.90. The standard InChI is InChI=1S/C7H11O3/c1-6(2)7(8)10-5-4-9-3/h1H,4-5H2,2-3H3. The van der Waals surface area contributed by atoms with E-state index in [0.29, 0.717) is 6.61 Å². The molecule has 0 aliphatic heterocycles. The first-order valence-corrected chi connectivity index (χ1v) is 2.93. The quantitative estimate of drug-likeness (QED) is 0.327. The second-order valence-electron chi connectivity index (χ2n) is 1.81. The minimum atomic E-state index is -0.475. The number of hydrogen-bond acceptors (Lipinski definition) is 3. The third-order valence-corrected chi connectivity index (χ3v) is 0.843. The second kappa shape index (κ2) is 4.99. The molecule has 0 aromatic rings. The van der Waals surface area contributed by atoms with Crippen molar-refractivity contribution in [2.45, 2.75) is 6.92 Å². The number of hydrogen-bond donors (Lipinski definition) is 0. The van der Waals surface area contributed by atoms with Crippen molar-refractivity contribution in [1.82, 2.24) is 0 Å². The summed E-state index contributed by atoms with van der Waals surface area (Å²) < 4.78 is 9.26. The van der Waals surface area contributed by atoms with Crippen molar-refractivity contribution in [3.8, 4) is 0 Å². The van der Waals surface area contributed by atoms with Crippen molar-refractivity contribution in [1.29, 1.82) is 0 Å². The van der Waals surface area contributed by atoms with Crippen LogP contribution in [0.2, 0.25) is 0 Å². The number of rotatable bonds is 4. The molecule has 0 spiro atoms. The highest BCUT2D eigenvalue weighted by molar-refractivity contribution is 5.86. The summed E-state index contributed by atoms with van der Waals surface area (Å²) in [7, 11) is 1.53. The summed E-state index contributed by atoms with van der Waals surface area (Å²) in [5.41, 5.74) is 0.163. The maximum absolute atomic E-state index is 10.6. The fourth-order valence-corrected chi connectivity index (χ4v) is 0.332. The molecule has 0 saturated carbocycles. The Morgan fingerprint density at radius 3 is 2.50 bits per heavy atom. The van der Waals surface area contributed by atoms with E-state index < -0.39 is 5.97 Å². The summed E-state index contributed by atoms with van der Waals surface area (Å²) in [6.07, 6.45) is 0. The molecule has 0 aliphatic carbocycles. The van der Waals surface area contributed by atoms with E-state index in [9.17, 15) is 4.79 Å². The van der Waals surface area contributed by atoms with Gasteiger partial charge in [0.2, 0.25) is 0 Å². The molecule has 0 aromatic heterocycles. The van der Waals surface area contributed by atoms with Gasteiger partial charge in [0.05, 0.1) is 6.61 Å². The molecule has 0 heterocycles. The van der Waals surface area contributed by atoms with Crippen LogP contribution in [0, 0.1) is 6.58 Å². The Morgan fingerprint density at radius 2 is 2.10 bits per heavy atom. The zero-order chi connectivity index (χ0) is 7.98. The Morgan fingerprint density at radius 1 is 1.50 bits per heavy atom. The molecule has 0 aliphatic rings. The lowest BCUT2D eigenvalue weighted by Crippen LogP contribution is -2.09. The minimum absolute atomic E-state index is 0.163. The first-order valence-electron chi connectivity index (χ1n) is 2.93. The van der Waals surface area contributed by atoms with Gasteiger partial charge in [-0.05, 0) is 6.92 Å². The molecule has 0 N–H and O–H groups in total. The molecule has 57 valence electrons. The van der Waals surface area contributed by atoms with Crippen LogP contribution in [-0.4, -0.2) is 26.3 Å². The van der Waals surface area contributed by atoms with Gasteiger partial charge in [-0.1, -0.05) is 6.58 Å². The zero-order valence-electron chi connectivity index (χ0n) is 6.22. The van der Waals surface area contributed by atoms with Crippen molar-refractivity contribution < 1.29 is 14.3 Å². The first kappa shape index (κ1) is 9.17. The third kappa shape index (κ3) is 4.09. The Hall–Kier alpha value is -0.830. The van der Waals surface area contributed by atoms with Crippen LogP contribution in [0.25, 0.3) is 0 Å². The Labute approximate surface area is 60.6 Å². The lowest BCUT2D eigenvalue weighted by molar-refractivity contribution is -0.140. The highest BCUT2D eigenvalue weighted by atomic mass is 16.6. The Balaban J connectivity index is 3.31. The van der Waals surface area contributed by atoms with Gasteiger partial charge in [0.25, 0.3) is 0 Å². The van der Waals surface area contributed by atoms with Crippen molar-refractivity contribution in [2.24, 2.45) is 0 Å². The number of carbonyl (C=O) groups excluding carboxylic acids is 1. The van der Waals surface area contributed by atoms with Crippen LogP contribution in [0.5, 0.6) is 0 Å². The van der Waals surface area contributed by atoms with Crippen LogP contribution >= 0.6 is 0 Å². The van der Waals surface area contributed by atoms with Crippen LogP contribution in [0.3, 0.4) is 0 Å². The monoisotopic (exact) mass is 143 g/mol. The molecule has 0 saturated heterocycles. The number of methoxy groups -OCH3 is 1. The second-order valence-corrected chi connectivity index (χ2v) is 1.81. The van der Waals surface area contributed by atoms with Gasteiger partial charge < -0.3 is 9.47 Å². The highest BCUT2D eigenvalue weighted by Gasteiger charge is 2.00. The SMILES string of the molecule is [CH]=C(C)C(=O)OCCOC. The number of carbonyl (C=O) groups is 1. The molecule has 3 nitrogen and oxygen atoms in total. The fraction of sp³-hybridized carbons (Fsp3) is 0.571. The molecular formula is C7H11O3. The van der Waals surface area contributed by atoms with Gasteiger partial charge in [-0.15, -0.1) is 0 Å². The molecule has 0 unspecified atom stereocenters. The summed E-state index contributed by atoms with van der Waals surface area (Å²) in [5, 5.41) is 0. The van der Waals surface area contributed by atoms with E-state index in [-0.39, 0.29) is 12.2 Å². The van der Waals surface area contributed by atoms with Gasteiger partial charge >= 0.3 is 5.97 Å². The van der Waals surface area contributed by atoms with Gasteiger partial charge in [0, 0.05) is 12.7 Å². The lowest BCUT2D eigenvalue weighted by atomic mass is 10.4. The molecule has 0 rings (SSSR count). The van der Waals surface area contributed by atoms with Crippen LogP contribution in [0.15, 0.2) is 5.57 Å².